The largest absolute Gasteiger partial charge is 0.491 e. The zero-order valence-electron chi connectivity index (χ0n) is 17.3. The van der Waals surface area contributed by atoms with Gasteiger partial charge in [0.25, 0.3) is 0 Å². The van der Waals surface area contributed by atoms with E-state index in [2.05, 4.69) is 5.32 Å². The molecule has 0 unspecified atom stereocenters. The van der Waals surface area contributed by atoms with E-state index < -0.39 is 24.1 Å². The van der Waals surface area contributed by atoms with Crippen molar-refractivity contribution in [1.82, 2.24) is 0 Å². The first-order valence-electron chi connectivity index (χ1n) is 9.64. The molecule has 2 aromatic carbocycles. The first-order chi connectivity index (χ1) is 14.8. The van der Waals surface area contributed by atoms with Gasteiger partial charge in [-0.15, -0.1) is 0 Å². The fraction of sp³-hybridized carbons (Fsp3) is 0.261. The third-order valence-corrected chi connectivity index (χ3v) is 4.37. The van der Waals surface area contributed by atoms with Gasteiger partial charge >= 0.3 is 12.1 Å². The summed E-state index contributed by atoms with van der Waals surface area (Å²) < 4.78 is 11.2. The van der Waals surface area contributed by atoms with Gasteiger partial charge in [0.2, 0.25) is 0 Å². The van der Waals surface area contributed by atoms with Crippen LogP contribution in [-0.4, -0.2) is 41.3 Å². The minimum absolute atomic E-state index is 0.0533. The fourth-order valence-electron chi connectivity index (χ4n) is 2.84. The average Bonchev–Trinajstić information content (AvgIpc) is 2.75. The second kappa shape index (κ2) is 11.5. The van der Waals surface area contributed by atoms with Gasteiger partial charge in [-0.25, -0.2) is 9.59 Å². The molecule has 3 N–H and O–H groups in total. The molecule has 0 aliphatic heterocycles. The molecule has 1 amide bonds. The summed E-state index contributed by atoms with van der Waals surface area (Å²) in [6.45, 7) is 3.02. The van der Waals surface area contributed by atoms with Crippen LogP contribution >= 0.6 is 0 Å². The molecule has 0 bridgehead atoms. The van der Waals surface area contributed by atoms with E-state index in [1.807, 2.05) is 0 Å². The summed E-state index contributed by atoms with van der Waals surface area (Å²) in [5, 5.41) is 20.6. The molecule has 2 atom stereocenters. The summed E-state index contributed by atoms with van der Waals surface area (Å²) in [6.07, 6.45) is 0.788. The van der Waals surface area contributed by atoms with Crippen LogP contribution in [0.25, 0.3) is 0 Å². The van der Waals surface area contributed by atoms with Crippen molar-refractivity contribution in [3.8, 4) is 5.75 Å². The third-order valence-electron chi connectivity index (χ3n) is 4.37. The van der Waals surface area contributed by atoms with E-state index in [1.165, 1.54) is 13.0 Å². The number of anilines is 1. The molecule has 0 aliphatic carbocycles. The topological polar surface area (TPSA) is 122 Å². The molecule has 8 heteroatoms. The van der Waals surface area contributed by atoms with E-state index in [1.54, 1.807) is 55.5 Å². The van der Waals surface area contributed by atoms with Gasteiger partial charge in [0.05, 0.1) is 6.61 Å². The Morgan fingerprint density at radius 3 is 2.39 bits per heavy atom. The first-order valence-corrected chi connectivity index (χ1v) is 9.64. The van der Waals surface area contributed by atoms with Gasteiger partial charge in [-0.3, -0.25) is 10.1 Å². The lowest BCUT2D eigenvalue weighted by molar-refractivity contribution is -0.131. The molecule has 8 nitrogen and oxygen atoms in total. The van der Waals surface area contributed by atoms with Crippen LogP contribution in [0.2, 0.25) is 0 Å². The molecule has 0 saturated carbocycles. The minimum Gasteiger partial charge on any atom is -0.491 e. The molecular formula is C23H25NO7. The first kappa shape index (κ1) is 23.6. The highest BCUT2D eigenvalue weighted by Gasteiger charge is 2.25. The molecule has 0 aromatic heterocycles. The number of carboxylic acids is 1. The third kappa shape index (κ3) is 7.27. The summed E-state index contributed by atoms with van der Waals surface area (Å²) in [4.78, 5) is 34.9. The van der Waals surface area contributed by atoms with Gasteiger partial charge in [0.15, 0.2) is 5.78 Å². The predicted octanol–water partition coefficient (Wildman–Crippen LogP) is 3.83. The van der Waals surface area contributed by atoms with Gasteiger partial charge in [-0.05, 0) is 37.3 Å². The summed E-state index contributed by atoms with van der Waals surface area (Å²) in [7, 11) is 0. The number of benzene rings is 2. The molecule has 0 saturated heterocycles. The number of hydrogen-bond acceptors (Lipinski definition) is 6. The Balaban J connectivity index is 2.25. The highest BCUT2D eigenvalue weighted by Crippen LogP contribution is 2.34. The van der Waals surface area contributed by atoms with Crippen LogP contribution in [0.3, 0.4) is 0 Å². The Bertz CT molecular complexity index is 937. The van der Waals surface area contributed by atoms with Gasteiger partial charge < -0.3 is 19.7 Å². The molecule has 0 fully saturated rings. The van der Waals surface area contributed by atoms with E-state index in [0.717, 1.165) is 6.08 Å². The number of rotatable bonds is 10. The maximum absolute atomic E-state index is 12.6. The standard InChI is InChI=1S/C23H25NO7/c1-15(7-12-21(27)28)22(19-5-3-4-6-20(19)30-14-13-25)31-23(29)24-18-10-8-17(9-11-18)16(2)26/h3-12,15,22,25H,13-14H2,1-2H3,(H,24,29)(H,27,28)/b12-7+/t15-,22+/m1/s1. The summed E-state index contributed by atoms with van der Waals surface area (Å²) in [5.74, 6) is -1.30. The highest BCUT2D eigenvalue weighted by molar-refractivity contribution is 5.95. The summed E-state index contributed by atoms with van der Waals surface area (Å²) >= 11 is 0. The highest BCUT2D eigenvalue weighted by atomic mass is 16.6. The summed E-state index contributed by atoms with van der Waals surface area (Å²) in [5.41, 5.74) is 1.48. The SMILES string of the molecule is CC(=O)c1ccc(NC(=O)O[C@H](c2ccccc2OCCO)[C@H](C)/C=C/C(=O)O)cc1. The Morgan fingerprint density at radius 1 is 1.10 bits per heavy atom. The molecular weight excluding hydrogens is 402 g/mol. The molecule has 2 rings (SSSR count). The molecule has 0 radical (unpaired) electrons. The molecule has 2 aromatic rings. The summed E-state index contributed by atoms with van der Waals surface area (Å²) in [6, 6.07) is 13.2. The Labute approximate surface area is 180 Å². The lowest BCUT2D eigenvalue weighted by Crippen LogP contribution is -2.22. The number of carbonyl (C=O) groups is 3. The van der Waals surface area contributed by atoms with E-state index in [-0.39, 0.29) is 19.0 Å². The Morgan fingerprint density at radius 2 is 1.77 bits per heavy atom. The van der Waals surface area contributed by atoms with Crippen LogP contribution in [0.1, 0.15) is 35.9 Å². The zero-order valence-corrected chi connectivity index (χ0v) is 17.3. The van der Waals surface area contributed by atoms with Crippen LogP contribution in [0.5, 0.6) is 5.75 Å². The molecule has 0 heterocycles. The monoisotopic (exact) mass is 427 g/mol. The van der Waals surface area contributed by atoms with Crippen LogP contribution in [-0.2, 0) is 9.53 Å². The van der Waals surface area contributed by atoms with Crippen molar-refractivity contribution < 1.29 is 34.1 Å². The van der Waals surface area contributed by atoms with Crippen molar-refractivity contribution in [2.45, 2.75) is 20.0 Å². The molecule has 0 spiro atoms. The fourth-order valence-corrected chi connectivity index (χ4v) is 2.84. The molecule has 31 heavy (non-hydrogen) atoms. The quantitative estimate of drug-likeness (QED) is 0.389. The lowest BCUT2D eigenvalue weighted by atomic mass is 9.96. The minimum atomic E-state index is -1.12. The number of aliphatic hydroxyl groups is 1. The second-order valence-corrected chi connectivity index (χ2v) is 6.75. The Hall–Kier alpha value is -3.65. The zero-order chi connectivity index (χ0) is 22.8. The van der Waals surface area contributed by atoms with Gasteiger partial charge in [-0.2, -0.15) is 0 Å². The molecule has 164 valence electrons. The predicted molar refractivity (Wildman–Crippen MR) is 114 cm³/mol. The van der Waals surface area contributed by atoms with E-state index in [0.29, 0.717) is 22.6 Å². The number of ketones is 1. The average molecular weight is 427 g/mol. The van der Waals surface area contributed by atoms with Crippen molar-refractivity contribution >= 4 is 23.5 Å². The number of carboxylic acid groups (broad SMARTS) is 1. The van der Waals surface area contributed by atoms with Crippen molar-refractivity contribution in [3.63, 3.8) is 0 Å². The molecule has 0 aliphatic rings. The van der Waals surface area contributed by atoms with E-state index in [9.17, 15) is 14.4 Å². The van der Waals surface area contributed by atoms with Crippen molar-refractivity contribution in [1.29, 1.82) is 0 Å². The van der Waals surface area contributed by atoms with Gasteiger partial charge in [0.1, 0.15) is 18.5 Å². The number of Topliss-reactive ketones (excluding diaryl/α,β-unsaturated/α-hetero) is 1. The number of aliphatic carboxylic acids is 1. The maximum Gasteiger partial charge on any atom is 0.412 e. The van der Waals surface area contributed by atoms with Crippen molar-refractivity contribution in [2.75, 3.05) is 18.5 Å². The number of para-hydroxylation sites is 1. The number of carbonyl (C=O) groups excluding carboxylic acids is 2. The number of amides is 1. The van der Waals surface area contributed by atoms with Crippen molar-refractivity contribution in [3.05, 3.63) is 71.8 Å². The van der Waals surface area contributed by atoms with E-state index in [4.69, 9.17) is 19.7 Å². The van der Waals surface area contributed by atoms with Crippen molar-refractivity contribution in [2.24, 2.45) is 5.92 Å². The lowest BCUT2D eigenvalue weighted by Gasteiger charge is -2.24. The van der Waals surface area contributed by atoms with E-state index >= 15 is 0 Å². The second-order valence-electron chi connectivity index (χ2n) is 6.75. The normalized spacial score (nSPS) is 12.7. The number of hydrogen-bond donors (Lipinski definition) is 3. The number of ether oxygens (including phenoxy) is 2. The Kier molecular flexibility index (Phi) is 8.78. The number of aliphatic hydroxyl groups excluding tert-OH is 1. The van der Waals surface area contributed by atoms with Crippen LogP contribution in [0, 0.1) is 5.92 Å². The van der Waals surface area contributed by atoms with Gasteiger partial charge in [0, 0.05) is 28.8 Å². The maximum atomic E-state index is 12.6. The van der Waals surface area contributed by atoms with Crippen LogP contribution < -0.4 is 10.1 Å². The smallest absolute Gasteiger partial charge is 0.412 e. The van der Waals surface area contributed by atoms with Gasteiger partial charge in [-0.1, -0.05) is 31.2 Å². The van der Waals surface area contributed by atoms with Crippen LogP contribution in [0.4, 0.5) is 10.5 Å². The number of nitrogens with one attached hydrogen (secondary N) is 1. The van der Waals surface area contributed by atoms with Crippen LogP contribution in [0.15, 0.2) is 60.7 Å².